The second-order valence-corrected chi connectivity index (χ2v) is 1.32. The number of allylic oxidation sites excluding steroid dienone is 1. The summed E-state index contributed by atoms with van der Waals surface area (Å²) < 4.78 is 0. The summed E-state index contributed by atoms with van der Waals surface area (Å²) in [7, 11) is 0. The Kier molecular flexibility index (Phi) is 3.98. The molecule has 0 aromatic rings. The van der Waals surface area contributed by atoms with Crippen LogP contribution < -0.4 is 0 Å². The van der Waals surface area contributed by atoms with Crippen molar-refractivity contribution >= 4 is 0 Å². The lowest BCUT2D eigenvalue weighted by molar-refractivity contribution is 0.191. The molecular formula is C6H11NO. The number of hydrogen-bond acceptors (Lipinski definition) is 2. The summed E-state index contributed by atoms with van der Waals surface area (Å²) >= 11 is 0. The minimum absolute atomic E-state index is 0.00611. The molecule has 0 saturated heterocycles. The van der Waals surface area contributed by atoms with Crippen LogP contribution in [0.15, 0.2) is 25.1 Å². The standard InChI is InChI=1S/C6H11NO/c1-3-5-7(4-2)6-8/h3-5,8H,2,6H2,1H3/b5-3-. The molecule has 0 unspecified atom stereocenters. The SMILES string of the molecule is C=CN(/C=C\C)CO. The van der Waals surface area contributed by atoms with Gasteiger partial charge in [0.15, 0.2) is 0 Å². The van der Waals surface area contributed by atoms with Gasteiger partial charge < -0.3 is 10.0 Å². The minimum Gasteiger partial charge on any atom is -0.376 e. The molecule has 0 amide bonds. The molecule has 2 nitrogen and oxygen atoms in total. The lowest BCUT2D eigenvalue weighted by atomic mass is 10.6. The van der Waals surface area contributed by atoms with E-state index in [0.29, 0.717) is 0 Å². The number of aliphatic hydroxyl groups is 1. The highest BCUT2D eigenvalue weighted by Crippen LogP contribution is 1.85. The second kappa shape index (κ2) is 4.40. The quantitative estimate of drug-likeness (QED) is 0.550. The van der Waals surface area contributed by atoms with Crippen molar-refractivity contribution in [2.45, 2.75) is 6.92 Å². The van der Waals surface area contributed by atoms with Gasteiger partial charge in [0.1, 0.15) is 6.73 Å². The number of hydrogen-bond donors (Lipinski definition) is 1. The zero-order chi connectivity index (χ0) is 6.41. The van der Waals surface area contributed by atoms with Gasteiger partial charge in [-0.2, -0.15) is 0 Å². The van der Waals surface area contributed by atoms with Crippen molar-refractivity contribution in [3.05, 3.63) is 25.1 Å². The molecule has 46 valence electrons. The van der Waals surface area contributed by atoms with E-state index in [1.807, 2.05) is 13.0 Å². The second-order valence-electron chi connectivity index (χ2n) is 1.32. The normalized spacial score (nSPS) is 9.75. The van der Waals surface area contributed by atoms with E-state index >= 15 is 0 Å². The molecule has 0 atom stereocenters. The fraction of sp³-hybridized carbons (Fsp3) is 0.333. The van der Waals surface area contributed by atoms with E-state index in [2.05, 4.69) is 6.58 Å². The van der Waals surface area contributed by atoms with E-state index in [9.17, 15) is 0 Å². The molecule has 0 aliphatic carbocycles. The monoisotopic (exact) mass is 113 g/mol. The number of nitrogens with zero attached hydrogens (tertiary/aromatic N) is 1. The molecule has 8 heavy (non-hydrogen) atoms. The topological polar surface area (TPSA) is 23.5 Å². The van der Waals surface area contributed by atoms with Gasteiger partial charge in [-0.1, -0.05) is 12.7 Å². The van der Waals surface area contributed by atoms with Gasteiger partial charge in [0, 0.05) is 6.20 Å². The first-order valence-electron chi connectivity index (χ1n) is 2.47. The highest BCUT2D eigenvalue weighted by Gasteiger charge is 1.82. The van der Waals surface area contributed by atoms with Gasteiger partial charge in [-0.05, 0) is 13.1 Å². The van der Waals surface area contributed by atoms with Crippen molar-refractivity contribution in [1.82, 2.24) is 4.90 Å². The maximum absolute atomic E-state index is 8.46. The van der Waals surface area contributed by atoms with Crippen LogP contribution in [0.1, 0.15) is 6.92 Å². The van der Waals surface area contributed by atoms with Crippen LogP contribution in [0, 0.1) is 0 Å². The Morgan fingerprint density at radius 2 is 2.38 bits per heavy atom. The first kappa shape index (κ1) is 7.24. The molecule has 0 aromatic carbocycles. The summed E-state index contributed by atoms with van der Waals surface area (Å²) in [6.45, 7) is 5.34. The average molecular weight is 113 g/mol. The van der Waals surface area contributed by atoms with Crippen LogP contribution in [0.5, 0.6) is 0 Å². The summed E-state index contributed by atoms with van der Waals surface area (Å²) in [5, 5.41) is 8.46. The maximum atomic E-state index is 8.46. The lowest BCUT2D eigenvalue weighted by Gasteiger charge is -2.07. The predicted octanol–water partition coefficient (Wildman–Crippen LogP) is 0.915. The summed E-state index contributed by atoms with van der Waals surface area (Å²) in [5.41, 5.74) is 0. The van der Waals surface area contributed by atoms with Gasteiger partial charge in [0.25, 0.3) is 0 Å². The minimum atomic E-state index is -0.00611. The van der Waals surface area contributed by atoms with Crippen molar-refractivity contribution in [2.24, 2.45) is 0 Å². The van der Waals surface area contributed by atoms with E-state index in [-0.39, 0.29) is 6.73 Å². The molecule has 0 aromatic heterocycles. The molecule has 0 rings (SSSR count). The number of rotatable bonds is 3. The Morgan fingerprint density at radius 1 is 1.75 bits per heavy atom. The van der Waals surface area contributed by atoms with E-state index in [4.69, 9.17) is 5.11 Å². The summed E-state index contributed by atoms with van der Waals surface area (Å²) in [5.74, 6) is 0. The number of aliphatic hydroxyl groups excluding tert-OH is 1. The van der Waals surface area contributed by atoms with Crippen molar-refractivity contribution in [3.8, 4) is 0 Å². The first-order chi connectivity index (χ1) is 3.85. The lowest BCUT2D eigenvalue weighted by Crippen LogP contribution is -2.08. The summed E-state index contributed by atoms with van der Waals surface area (Å²) in [6, 6.07) is 0. The Hall–Kier alpha value is -0.760. The predicted molar refractivity (Wildman–Crippen MR) is 33.9 cm³/mol. The summed E-state index contributed by atoms with van der Waals surface area (Å²) in [6.07, 6.45) is 5.13. The third kappa shape index (κ3) is 2.42. The Bertz CT molecular complexity index is 88.5. The van der Waals surface area contributed by atoms with Crippen molar-refractivity contribution in [1.29, 1.82) is 0 Å². The molecular weight excluding hydrogens is 102 g/mol. The fourth-order valence-corrected chi connectivity index (χ4v) is 0.357. The van der Waals surface area contributed by atoms with Gasteiger partial charge in [-0.25, -0.2) is 0 Å². The van der Waals surface area contributed by atoms with Crippen molar-refractivity contribution < 1.29 is 5.11 Å². The van der Waals surface area contributed by atoms with Gasteiger partial charge in [-0.15, -0.1) is 0 Å². The molecule has 0 radical (unpaired) electrons. The van der Waals surface area contributed by atoms with Crippen molar-refractivity contribution in [2.75, 3.05) is 6.73 Å². The molecule has 0 spiro atoms. The Labute approximate surface area is 49.7 Å². The molecule has 0 fully saturated rings. The van der Waals surface area contributed by atoms with E-state index in [1.165, 1.54) is 0 Å². The van der Waals surface area contributed by atoms with Crippen LogP contribution >= 0.6 is 0 Å². The van der Waals surface area contributed by atoms with Crippen LogP contribution in [0.25, 0.3) is 0 Å². The van der Waals surface area contributed by atoms with Crippen LogP contribution in [0.3, 0.4) is 0 Å². The molecule has 0 bridgehead atoms. The molecule has 1 N–H and O–H groups in total. The van der Waals surface area contributed by atoms with E-state index < -0.39 is 0 Å². The largest absolute Gasteiger partial charge is 0.376 e. The Morgan fingerprint density at radius 3 is 2.50 bits per heavy atom. The highest BCUT2D eigenvalue weighted by molar-refractivity contribution is 4.83. The van der Waals surface area contributed by atoms with Crippen LogP contribution in [0.4, 0.5) is 0 Å². The fourth-order valence-electron chi connectivity index (χ4n) is 0.357. The third-order valence-electron chi connectivity index (χ3n) is 0.738. The zero-order valence-corrected chi connectivity index (χ0v) is 5.04. The van der Waals surface area contributed by atoms with Gasteiger partial charge in [0.2, 0.25) is 0 Å². The van der Waals surface area contributed by atoms with Crippen LogP contribution in [-0.4, -0.2) is 16.7 Å². The average Bonchev–Trinajstić information content (AvgIpc) is 1.83. The third-order valence-corrected chi connectivity index (χ3v) is 0.738. The molecule has 0 saturated carbocycles. The molecule has 0 heterocycles. The first-order valence-corrected chi connectivity index (χ1v) is 2.47. The molecule has 0 aliphatic heterocycles. The van der Waals surface area contributed by atoms with Crippen LogP contribution in [0.2, 0.25) is 0 Å². The Balaban J connectivity index is 3.52. The van der Waals surface area contributed by atoms with Crippen LogP contribution in [-0.2, 0) is 0 Å². The highest BCUT2D eigenvalue weighted by atomic mass is 16.3. The maximum Gasteiger partial charge on any atom is 0.119 e. The molecule has 0 aliphatic rings. The van der Waals surface area contributed by atoms with Gasteiger partial charge in [-0.3, -0.25) is 0 Å². The summed E-state index contributed by atoms with van der Waals surface area (Å²) in [4.78, 5) is 1.57. The van der Waals surface area contributed by atoms with E-state index in [1.54, 1.807) is 17.3 Å². The zero-order valence-electron chi connectivity index (χ0n) is 5.04. The molecule has 2 heteroatoms. The van der Waals surface area contributed by atoms with Crippen molar-refractivity contribution in [3.63, 3.8) is 0 Å². The van der Waals surface area contributed by atoms with E-state index in [0.717, 1.165) is 0 Å². The smallest absolute Gasteiger partial charge is 0.119 e. The van der Waals surface area contributed by atoms with Gasteiger partial charge >= 0.3 is 0 Å². The van der Waals surface area contributed by atoms with Gasteiger partial charge in [0.05, 0.1) is 0 Å².